The van der Waals surface area contributed by atoms with Gasteiger partial charge in [-0.05, 0) is 46.3 Å². The number of carbonyl (C=O) groups excluding carboxylic acids is 2. The SMILES string of the molecule is O=C(NC(=O)c1c(F)cccc1F)Nc1cnn(-c2cccc(C(F)(F)F)c2)c(=O)c1Br. The van der Waals surface area contributed by atoms with E-state index in [2.05, 4.69) is 26.3 Å². The first-order valence-corrected chi connectivity index (χ1v) is 9.30. The molecule has 166 valence electrons. The number of alkyl halides is 3. The minimum atomic E-state index is -4.64. The molecule has 3 amide bonds. The average Bonchev–Trinajstić information content (AvgIpc) is 2.71. The van der Waals surface area contributed by atoms with Crippen LogP contribution in [0.25, 0.3) is 5.69 Å². The number of hydrogen-bond donors (Lipinski definition) is 2. The largest absolute Gasteiger partial charge is 0.416 e. The summed E-state index contributed by atoms with van der Waals surface area (Å²) >= 11 is 2.91. The molecule has 0 fully saturated rings. The molecule has 1 heterocycles. The second-order valence-corrected chi connectivity index (χ2v) is 6.94. The number of halogens is 6. The molecule has 7 nitrogen and oxygen atoms in total. The summed E-state index contributed by atoms with van der Waals surface area (Å²) in [5.41, 5.74) is -3.35. The van der Waals surface area contributed by atoms with Gasteiger partial charge in [-0.3, -0.25) is 14.9 Å². The van der Waals surface area contributed by atoms with E-state index in [4.69, 9.17) is 0 Å². The summed E-state index contributed by atoms with van der Waals surface area (Å²) < 4.78 is 66.3. The van der Waals surface area contributed by atoms with Crippen molar-refractivity contribution in [1.82, 2.24) is 15.1 Å². The van der Waals surface area contributed by atoms with Crippen LogP contribution in [-0.4, -0.2) is 21.7 Å². The molecule has 0 saturated carbocycles. The highest BCUT2D eigenvalue weighted by Gasteiger charge is 2.30. The molecule has 0 atom stereocenters. The third kappa shape index (κ3) is 4.82. The predicted octanol–water partition coefficient (Wildman–Crippen LogP) is 4.25. The highest BCUT2D eigenvalue weighted by atomic mass is 79.9. The molecule has 0 spiro atoms. The van der Waals surface area contributed by atoms with E-state index in [1.54, 1.807) is 5.32 Å². The van der Waals surface area contributed by atoms with Gasteiger partial charge in [0.05, 0.1) is 23.1 Å². The van der Waals surface area contributed by atoms with Crippen molar-refractivity contribution in [3.05, 3.63) is 86.2 Å². The molecule has 2 N–H and O–H groups in total. The van der Waals surface area contributed by atoms with Crippen LogP contribution in [-0.2, 0) is 6.18 Å². The summed E-state index contributed by atoms with van der Waals surface area (Å²) in [6, 6.07) is 5.28. The lowest BCUT2D eigenvalue weighted by molar-refractivity contribution is -0.137. The number of imide groups is 1. The summed E-state index contributed by atoms with van der Waals surface area (Å²) in [6.45, 7) is 0. The topological polar surface area (TPSA) is 93.1 Å². The van der Waals surface area contributed by atoms with Crippen LogP contribution in [0.15, 0.2) is 57.9 Å². The Hall–Kier alpha value is -3.61. The summed E-state index contributed by atoms with van der Waals surface area (Å²) in [4.78, 5) is 36.5. The second kappa shape index (κ2) is 8.86. The number of hydrogen-bond acceptors (Lipinski definition) is 4. The Kier molecular flexibility index (Phi) is 6.39. The van der Waals surface area contributed by atoms with Crippen molar-refractivity contribution < 1.29 is 31.5 Å². The van der Waals surface area contributed by atoms with Crippen molar-refractivity contribution in [3.8, 4) is 5.69 Å². The number of urea groups is 1. The van der Waals surface area contributed by atoms with Crippen LogP contribution in [0, 0.1) is 11.6 Å². The molecule has 0 bridgehead atoms. The average molecular weight is 517 g/mol. The Morgan fingerprint density at radius 1 is 1.03 bits per heavy atom. The van der Waals surface area contributed by atoms with Gasteiger partial charge in [-0.1, -0.05) is 12.1 Å². The molecule has 13 heteroatoms. The molecular weight excluding hydrogens is 507 g/mol. The summed E-state index contributed by atoms with van der Waals surface area (Å²) in [7, 11) is 0. The second-order valence-electron chi connectivity index (χ2n) is 6.14. The zero-order valence-electron chi connectivity index (χ0n) is 15.5. The van der Waals surface area contributed by atoms with Gasteiger partial charge in [0.1, 0.15) is 21.7 Å². The Morgan fingerprint density at radius 2 is 1.66 bits per heavy atom. The van der Waals surface area contributed by atoms with E-state index in [9.17, 15) is 36.3 Å². The van der Waals surface area contributed by atoms with Crippen LogP contribution in [0.1, 0.15) is 15.9 Å². The summed E-state index contributed by atoms with van der Waals surface area (Å²) in [5.74, 6) is -3.76. The van der Waals surface area contributed by atoms with Crippen LogP contribution in [0.5, 0.6) is 0 Å². The molecular formula is C19H10BrF5N4O3. The first-order valence-electron chi connectivity index (χ1n) is 8.51. The lowest BCUT2D eigenvalue weighted by atomic mass is 10.2. The Morgan fingerprint density at radius 3 is 2.28 bits per heavy atom. The predicted molar refractivity (Wildman–Crippen MR) is 105 cm³/mol. The highest BCUT2D eigenvalue weighted by Crippen LogP contribution is 2.30. The Balaban J connectivity index is 1.82. The van der Waals surface area contributed by atoms with Gasteiger partial charge in [0.2, 0.25) is 0 Å². The van der Waals surface area contributed by atoms with Gasteiger partial charge in [0.15, 0.2) is 0 Å². The highest BCUT2D eigenvalue weighted by molar-refractivity contribution is 9.10. The van der Waals surface area contributed by atoms with E-state index in [0.29, 0.717) is 10.7 Å². The fourth-order valence-electron chi connectivity index (χ4n) is 2.55. The van der Waals surface area contributed by atoms with E-state index in [1.807, 2.05) is 0 Å². The molecule has 0 aliphatic carbocycles. The fourth-order valence-corrected chi connectivity index (χ4v) is 2.92. The lowest BCUT2D eigenvalue weighted by Gasteiger charge is -2.12. The van der Waals surface area contributed by atoms with Gasteiger partial charge in [-0.25, -0.2) is 13.6 Å². The monoisotopic (exact) mass is 516 g/mol. The maximum atomic E-state index is 13.6. The summed E-state index contributed by atoms with van der Waals surface area (Å²) in [6.07, 6.45) is -3.71. The maximum Gasteiger partial charge on any atom is 0.416 e. The molecule has 0 aliphatic heterocycles. The van der Waals surface area contributed by atoms with Gasteiger partial charge in [-0.2, -0.15) is 23.0 Å². The first kappa shape index (κ1) is 23.1. The number of carbonyl (C=O) groups is 2. The van der Waals surface area contributed by atoms with E-state index >= 15 is 0 Å². The van der Waals surface area contributed by atoms with Gasteiger partial charge < -0.3 is 5.32 Å². The number of rotatable bonds is 3. The van der Waals surface area contributed by atoms with Crippen molar-refractivity contribution >= 4 is 33.6 Å². The lowest BCUT2D eigenvalue weighted by Crippen LogP contribution is -2.36. The number of amides is 3. The first-order chi connectivity index (χ1) is 15.0. The third-order valence-corrected chi connectivity index (χ3v) is 4.77. The van der Waals surface area contributed by atoms with Crippen molar-refractivity contribution in [2.75, 3.05) is 5.32 Å². The van der Waals surface area contributed by atoms with Crippen molar-refractivity contribution in [2.45, 2.75) is 6.18 Å². The van der Waals surface area contributed by atoms with E-state index < -0.39 is 46.4 Å². The van der Waals surface area contributed by atoms with E-state index in [0.717, 1.165) is 36.5 Å². The van der Waals surface area contributed by atoms with Gasteiger partial charge in [0.25, 0.3) is 11.5 Å². The van der Waals surface area contributed by atoms with Crippen LogP contribution < -0.4 is 16.2 Å². The molecule has 3 aromatic rings. The number of benzene rings is 2. The third-order valence-electron chi connectivity index (χ3n) is 4.00. The Bertz CT molecular complexity index is 1260. The zero-order chi connectivity index (χ0) is 23.6. The van der Waals surface area contributed by atoms with Crippen LogP contribution >= 0.6 is 15.9 Å². The normalized spacial score (nSPS) is 11.2. The molecule has 2 aromatic carbocycles. The standard InChI is InChI=1S/C19H10BrF5N4O3/c20-15-13(27-18(32)28-16(30)14-11(21)5-2-6-12(14)22)8-26-29(17(15)31)10-4-1-3-9(7-10)19(23,24)25/h1-8H,(H2,27,28,30,32). The molecule has 0 unspecified atom stereocenters. The van der Waals surface area contributed by atoms with E-state index in [-0.39, 0.29) is 15.8 Å². The van der Waals surface area contributed by atoms with Crippen LogP contribution in [0.3, 0.4) is 0 Å². The smallest absolute Gasteiger partial charge is 0.305 e. The number of nitrogens with one attached hydrogen (secondary N) is 2. The number of anilines is 1. The zero-order valence-corrected chi connectivity index (χ0v) is 17.1. The fraction of sp³-hybridized carbons (Fsp3) is 0.0526. The van der Waals surface area contributed by atoms with Crippen LogP contribution in [0.2, 0.25) is 0 Å². The quantitative estimate of drug-likeness (QED) is 0.509. The number of aromatic nitrogens is 2. The van der Waals surface area contributed by atoms with Gasteiger partial charge in [-0.15, -0.1) is 0 Å². The van der Waals surface area contributed by atoms with Crippen molar-refractivity contribution in [3.63, 3.8) is 0 Å². The molecule has 0 aliphatic rings. The maximum absolute atomic E-state index is 13.6. The molecule has 3 rings (SSSR count). The molecule has 1 aromatic heterocycles. The summed E-state index contributed by atoms with van der Waals surface area (Å²) in [5, 5.41) is 7.49. The minimum absolute atomic E-state index is 0.188. The molecule has 0 radical (unpaired) electrons. The van der Waals surface area contributed by atoms with Gasteiger partial charge >= 0.3 is 12.2 Å². The van der Waals surface area contributed by atoms with Crippen molar-refractivity contribution in [2.24, 2.45) is 0 Å². The molecule has 0 saturated heterocycles. The number of nitrogens with zero attached hydrogens (tertiary/aromatic N) is 2. The van der Waals surface area contributed by atoms with Gasteiger partial charge in [0, 0.05) is 0 Å². The minimum Gasteiger partial charge on any atom is -0.305 e. The van der Waals surface area contributed by atoms with Crippen molar-refractivity contribution in [1.29, 1.82) is 0 Å². The molecule has 32 heavy (non-hydrogen) atoms. The Labute approximate surface area is 184 Å². The van der Waals surface area contributed by atoms with E-state index in [1.165, 1.54) is 6.07 Å². The van der Waals surface area contributed by atoms with Crippen LogP contribution in [0.4, 0.5) is 32.4 Å².